The lowest BCUT2D eigenvalue weighted by molar-refractivity contribution is -0.105. The van der Waals surface area contributed by atoms with Crippen LogP contribution >= 0.6 is 0 Å². The van der Waals surface area contributed by atoms with Crippen LogP contribution in [0.3, 0.4) is 0 Å². The van der Waals surface area contributed by atoms with Crippen molar-refractivity contribution < 1.29 is 10.2 Å². The Kier molecular flexibility index (Phi) is 3.18. The fourth-order valence-corrected chi connectivity index (χ4v) is 2.44. The topological polar surface area (TPSA) is 40.5 Å². The monoisotopic (exact) mass is 244 g/mol. The van der Waals surface area contributed by atoms with E-state index >= 15 is 0 Å². The first kappa shape index (κ1) is 13.1. The van der Waals surface area contributed by atoms with Crippen LogP contribution in [0, 0.1) is 27.7 Å². The first-order valence-corrected chi connectivity index (χ1v) is 6.24. The molecule has 2 heteroatoms. The SMILES string of the molecule is Cc1cc(C2=CC=CCC2(O)O)c(C)c(C)c1C. The molecule has 0 radical (unpaired) electrons. The molecule has 1 aliphatic carbocycles. The molecule has 2 nitrogen and oxygen atoms in total. The van der Waals surface area contributed by atoms with Crippen molar-refractivity contribution in [2.75, 3.05) is 0 Å². The van der Waals surface area contributed by atoms with Crippen LogP contribution in [0.4, 0.5) is 0 Å². The third kappa shape index (κ3) is 2.02. The van der Waals surface area contributed by atoms with Crippen molar-refractivity contribution in [3.05, 3.63) is 52.1 Å². The van der Waals surface area contributed by atoms with Gasteiger partial charge >= 0.3 is 0 Å². The summed E-state index contributed by atoms with van der Waals surface area (Å²) in [6.07, 6.45) is 5.68. The minimum absolute atomic E-state index is 0.240. The highest BCUT2D eigenvalue weighted by Gasteiger charge is 2.31. The van der Waals surface area contributed by atoms with Gasteiger partial charge in [0.05, 0.1) is 0 Å². The minimum Gasteiger partial charge on any atom is -0.362 e. The van der Waals surface area contributed by atoms with Crippen molar-refractivity contribution in [2.45, 2.75) is 39.9 Å². The molecule has 0 unspecified atom stereocenters. The van der Waals surface area contributed by atoms with E-state index < -0.39 is 5.79 Å². The quantitative estimate of drug-likeness (QED) is 0.746. The Labute approximate surface area is 108 Å². The molecule has 2 N–H and O–H groups in total. The molecule has 1 aromatic rings. The van der Waals surface area contributed by atoms with Crippen LogP contribution in [0.1, 0.15) is 34.2 Å². The lowest BCUT2D eigenvalue weighted by Gasteiger charge is -2.28. The van der Waals surface area contributed by atoms with Crippen LogP contribution < -0.4 is 0 Å². The van der Waals surface area contributed by atoms with Crippen molar-refractivity contribution in [3.8, 4) is 0 Å². The Bertz CT molecular complexity index is 549. The van der Waals surface area contributed by atoms with Crippen molar-refractivity contribution in [1.29, 1.82) is 0 Å². The maximum Gasteiger partial charge on any atom is 0.193 e. The third-order valence-corrected chi connectivity index (χ3v) is 4.00. The molecule has 96 valence electrons. The van der Waals surface area contributed by atoms with Crippen molar-refractivity contribution in [2.24, 2.45) is 0 Å². The zero-order chi connectivity index (χ0) is 13.5. The maximum atomic E-state index is 10.1. The number of benzene rings is 1. The lowest BCUT2D eigenvalue weighted by Crippen LogP contribution is -2.30. The molecule has 0 heterocycles. The van der Waals surface area contributed by atoms with E-state index in [0.717, 1.165) is 11.1 Å². The summed E-state index contributed by atoms with van der Waals surface area (Å²) in [4.78, 5) is 0. The van der Waals surface area contributed by atoms with E-state index in [4.69, 9.17) is 0 Å². The number of allylic oxidation sites excluding steroid dienone is 2. The number of aliphatic hydroxyl groups is 2. The van der Waals surface area contributed by atoms with Gasteiger partial charge in [-0.05, 0) is 55.5 Å². The van der Waals surface area contributed by atoms with Gasteiger partial charge < -0.3 is 10.2 Å². The summed E-state index contributed by atoms with van der Waals surface area (Å²) in [6, 6.07) is 2.05. The largest absolute Gasteiger partial charge is 0.362 e. The summed E-state index contributed by atoms with van der Waals surface area (Å²) >= 11 is 0. The minimum atomic E-state index is -1.76. The van der Waals surface area contributed by atoms with Gasteiger partial charge in [0, 0.05) is 12.0 Å². The Hall–Kier alpha value is -1.38. The van der Waals surface area contributed by atoms with Crippen LogP contribution in [-0.4, -0.2) is 16.0 Å². The Morgan fingerprint density at radius 1 is 1.00 bits per heavy atom. The molecule has 0 aromatic heterocycles. The van der Waals surface area contributed by atoms with E-state index in [1.807, 2.05) is 19.1 Å². The van der Waals surface area contributed by atoms with E-state index in [-0.39, 0.29) is 6.42 Å². The molecule has 1 aliphatic rings. The van der Waals surface area contributed by atoms with Crippen LogP contribution in [0.25, 0.3) is 5.57 Å². The zero-order valence-electron chi connectivity index (χ0n) is 11.4. The highest BCUT2D eigenvalue weighted by molar-refractivity contribution is 5.76. The highest BCUT2D eigenvalue weighted by Crippen LogP contribution is 2.35. The van der Waals surface area contributed by atoms with Gasteiger partial charge in [0.15, 0.2) is 5.79 Å². The molecule has 0 atom stereocenters. The average Bonchev–Trinajstić information content (AvgIpc) is 2.31. The summed E-state index contributed by atoms with van der Waals surface area (Å²) in [6.45, 7) is 8.27. The summed E-state index contributed by atoms with van der Waals surface area (Å²) in [5, 5.41) is 20.2. The second kappa shape index (κ2) is 4.38. The molecule has 0 spiro atoms. The summed E-state index contributed by atoms with van der Waals surface area (Å²) in [5.74, 6) is -1.76. The van der Waals surface area contributed by atoms with E-state index in [2.05, 4.69) is 20.8 Å². The second-order valence-electron chi connectivity index (χ2n) is 5.15. The maximum absolute atomic E-state index is 10.1. The second-order valence-corrected chi connectivity index (χ2v) is 5.15. The van der Waals surface area contributed by atoms with Crippen molar-refractivity contribution in [1.82, 2.24) is 0 Å². The molecule has 0 saturated heterocycles. The van der Waals surface area contributed by atoms with Gasteiger partial charge in [0.2, 0.25) is 0 Å². The van der Waals surface area contributed by atoms with Gasteiger partial charge in [-0.1, -0.05) is 24.3 Å². The molecular weight excluding hydrogens is 224 g/mol. The zero-order valence-corrected chi connectivity index (χ0v) is 11.4. The van der Waals surface area contributed by atoms with Gasteiger partial charge in [-0.25, -0.2) is 0 Å². The molecule has 0 amide bonds. The third-order valence-electron chi connectivity index (χ3n) is 4.00. The van der Waals surface area contributed by atoms with Gasteiger partial charge in [0.1, 0.15) is 0 Å². The van der Waals surface area contributed by atoms with Crippen LogP contribution in [0.5, 0.6) is 0 Å². The molecule has 0 aliphatic heterocycles. The molecular formula is C16H20O2. The molecule has 0 saturated carbocycles. The fraction of sp³-hybridized carbons (Fsp3) is 0.375. The summed E-state index contributed by atoms with van der Waals surface area (Å²) in [5.41, 5.74) is 6.31. The average molecular weight is 244 g/mol. The standard InChI is InChI=1S/C16H20O2/c1-10-9-14(13(4)12(3)11(10)2)15-7-5-6-8-16(15,17)18/h5-7,9,17-18H,8H2,1-4H3. The van der Waals surface area contributed by atoms with Crippen LogP contribution in [-0.2, 0) is 0 Å². The van der Waals surface area contributed by atoms with E-state index in [0.29, 0.717) is 5.57 Å². The van der Waals surface area contributed by atoms with Crippen molar-refractivity contribution >= 4 is 5.57 Å². The Morgan fingerprint density at radius 2 is 1.67 bits per heavy atom. The van der Waals surface area contributed by atoms with Gasteiger partial charge in [-0.2, -0.15) is 0 Å². The smallest absolute Gasteiger partial charge is 0.193 e. The number of hydrogen-bond donors (Lipinski definition) is 2. The van der Waals surface area contributed by atoms with Gasteiger partial charge in [0.25, 0.3) is 0 Å². The summed E-state index contributed by atoms with van der Waals surface area (Å²) < 4.78 is 0. The fourth-order valence-electron chi connectivity index (χ4n) is 2.44. The van der Waals surface area contributed by atoms with E-state index in [9.17, 15) is 10.2 Å². The van der Waals surface area contributed by atoms with Crippen molar-refractivity contribution in [3.63, 3.8) is 0 Å². The van der Waals surface area contributed by atoms with E-state index in [1.54, 1.807) is 12.2 Å². The Balaban J connectivity index is 2.66. The lowest BCUT2D eigenvalue weighted by atomic mass is 9.85. The summed E-state index contributed by atoms with van der Waals surface area (Å²) in [7, 11) is 0. The molecule has 18 heavy (non-hydrogen) atoms. The van der Waals surface area contributed by atoms with Gasteiger partial charge in [-0.15, -0.1) is 0 Å². The van der Waals surface area contributed by atoms with Crippen LogP contribution in [0.15, 0.2) is 24.3 Å². The van der Waals surface area contributed by atoms with Gasteiger partial charge in [-0.3, -0.25) is 0 Å². The Morgan fingerprint density at radius 3 is 2.28 bits per heavy atom. The normalized spacial score (nSPS) is 17.8. The predicted molar refractivity (Wildman–Crippen MR) is 74.3 cm³/mol. The number of aryl methyl sites for hydroxylation is 1. The predicted octanol–water partition coefficient (Wildman–Crippen LogP) is 2.94. The number of rotatable bonds is 1. The molecule has 0 fully saturated rings. The molecule has 1 aromatic carbocycles. The van der Waals surface area contributed by atoms with E-state index in [1.165, 1.54) is 16.7 Å². The number of hydrogen-bond acceptors (Lipinski definition) is 2. The van der Waals surface area contributed by atoms with Crippen LogP contribution in [0.2, 0.25) is 0 Å². The first-order chi connectivity index (χ1) is 8.34. The highest BCUT2D eigenvalue weighted by atomic mass is 16.5. The molecule has 2 rings (SSSR count). The first-order valence-electron chi connectivity index (χ1n) is 6.24. The molecule has 0 bridgehead atoms.